The molecule has 0 bridgehead atoms. The van der Waals surface area contributed by atoms with Gasteiger partial charge in [-0.15, -0.1) is 11.3 Å². The van der Waals surface area contributed by atoms with Gasteiger partial charge in [-0.2, -0.15) is 0 Å². The van der Waals surface area contributed by atoms with E-state index in [9.17, 15) is 4.79 Å². The predicted octanol–water partition coefficient (Wildman–Crippen LogP) is 5.33. The fourth-order valence-corrected chi connectivity index (χ4v) is 4.40. The summed E-state index contributed by atoms with van der Waals surface area (Å²) in [5, 5.41) is 8.61. The summed E-state index contributed by atoms with van der Waals surface area (Å²) in [6.07, 6.45) is 1.04. The molecule has 0 fully saturated rings. The number of hydrogen-bond donors (Lipinski definition) is 2. The van der Waals surface area contributed by atoms with E-state index in [1.165, 1.54) is 16.1 Å². The molecule has 1 atom stereocenters. The normalized spacial score (nSPS) is 13.9. The summed E-state index contributed by atoms with van der Waals surface area (Å²) >= 11 is 7.61. The molecule has 1 unspecified atom stereocenters. The molecule has 0 aliphatic carbocycles. The Hall–Kier alpha value is -2.50. The number of hydrogen-bond acceptors (Lipinski definition) is 3. The second-order valence-electron chi connectivity index (χ2n) is 6.45. The summed E-state index contributed by atoms with van der Waals surface area (Å²) in [7, 11) is 0. The van der Waals surface area contributed by atoms with Crippen molar-refractivity contribution in [1.82, 2.24) is 5.32 Å². The molecule has 4 nitrogen and oxygen atoms in total. The van der Waals surface area contributed by atoms with E-state index in [-0.39, 0.29) is 12.1 Å². The Morgan fingerprint density at radius 2 is 1.93 bits per heavy atom. The zero-order valence-corrected chi connectivity index (χ0v) is 16.3. The van der Waals surface area contributed by atoms with E-state index in [4.69, 9.17) is 11.6 Å². The zero-order valence-electron chi connectivity index (χ0n) is 14.7. The summed E-state index contributed by atoms with van der Waals surface area (Å²) in [5.74, 6) is 0. The molecule has 1 aliphatic heterocycles. The highest BCUT2D eigenvalue weighted by Gasteiger charge is 2.27. The number of halogens is 1. The van der Waals surface area contributed by atoms with Crippen LogP contribution in [-0.4, -0.2) is 19.1 Å². The highest BCUT2D eigenvalue weighted by atomic mass is 35.5. The van der Waals surface area contributed by atoms with Gasteiger partial charge in [0.25, 0.3) is 0 Å². The number of nitrogens with zero attached hydrogens (tertiary/aromatic N) is 1. The molecule has 6 heteroatoms. The summed E-state index contributed by atoms with van der Waals surface area (Å²) in [4.78, 5) is 16.0. The van der Waals surface area contributed by atoms with Gasteiger partial charge >= 0.3 is 6.03 Å². The molecule has 3 aromatic rings. The molecular weight excluding hydrogens is 378 g/mol. The van der Waals surface area contributed by atoms with Crippen molar-refractivity contribution in [3.8, 4) is 0 Å². The number of benzene rings is 2. The maximum atomic E-state index is 12.4. The number of rotatable bonds is 5. The van der Waals surface area contributed by atoms with Crippen molar-refractivity contribution < 1.29 is 4.79 Å². The average Bonchev–Trinajstić information content (AvgIpc) is 3.35. The van der Waals surface area contributed by atoms with Crippen molar-refractivity contribution in [2.75, 3.05) is 23.3 Å². The third kappa shape index (κ3) is 4.10. The number of carbonyl (C=O) groups is 1. The van der Waals surface area contributed by atoms with Crippen LogP contribution < -0.4 is 15.5 Å². The topological polar surface area (TPSA) is 44.4 Å². The van der Waals surface area contributed by atoms with E-state index in [1.807, 2.05) is 0 Å². The lowest BCUT2D eigenvalue weighted by Crippen LogP contribution is -2.38. The lowest BCUT2D eigenvalue weighted by atomic mass is 10.1. The fourth-order valence-electron chi connectivity index (χ4n) is 3.43. The number of thiophene rings is 1. The van der Waals surface area contributed by atoms with Gasteiger partial charge in [0.05, 0.1) is 6.04 Å². The molecule has 0 saturated carbocycles. The van der Waals surface area contributed by atoms with Crippen LogP contribution in [0.15, 0.2) is 66.0 Å². The molecule has 0 saturated heterocycles. The number of urea groups is 1. The van der Waals surface area contributed by atoms with Crippen LogP contribution in [0.5, 0.6) is 0 Å². The number of para-hydroxylation sites is 1. The Morgan fingerprint density at radius 3 is 2.70 bits per heavy atom. The van der Waals surface area contributed by atoms with Gasteiger partial charge < -0.3 is 15.5 Å². The van der Waals surface area contributed by atoms with Gasteiger partial charge in [-0.25, -0.2) is 4.79 Å². The molecule has 2 N–H and O–H groups in total. The molecular formula is C21H20ClN3OS. The molecule has 0 radical (unpaired) electrons. The second kappa shape index (κ2) is 8.03. The van der Waals surface area contributed by atoms with Gasteiger partial charge in [0.15, 0.2) is 0 Å². The van der Waals surface area contributed by atoms with Crippen molar-refractivity contribution in [2.45, 2.75) is 12.5 Å². The van der Waals surface area contributed by atoms with Crippen LogP contribution in [0.2, 0.25) is 5.02 Å². The number of anilines is 2. The van der Waals surface area contributed by atoms with Crippen molar-refractivity contribution in [2.24, 2.45) is 0 Å². The zero-order chi connectivity index (χ0) is 18.6. The predicted molar refractivity (Wildman–Crippen MR) is 113 cm³/mol. The van der Waals surface area contributed by atoms with Crippen molar-refractivity contribution in [3.63, 3.8) is 0 Å². The highest BCUT2D eigenvalue weighted by Crippen LogP contribution is 2.36. The van der Waals surface area contributed by atoms with Gasteiger partial charge in [0.1, 0.15) is 0 Å². The van der Waals surface area contributed by atoms with Gasteiger partial charge in [0.2, 0.25) is 0 Å². The summed E-state index contributed by atoms with van der Waals surface area (Å²) in [6, 6.07) is 19.7. The van der Waals surface area contributed by atoms with Crippen molar-refractivity contribution in [3.05, 3.63) is 81.5 Å². The first-order chi connectivity index (χ1) is 13.2. The molecule has 138 valence electrons. The first-order valence-electron chi connectivity index (χ1n) is 8.89. The number of amides is 2. The van der Waals surface area contributed by atoms with Crippen LogP contribution in [0.25, 0.3) is 0 Å². The van der Waals surface area contributed by atoms with Crippen LogP contribution in [0.4, 0.5) is 16.2 Å². The average molecular weight is 398 g/mol. The minimum atomic E-state index is -0.216. The summed E-state index contributed by atoms with van der Waals surface area (Å²) < 4.78 is 0. The summed E-state index contributed by atoms with van der Waals surface area (Å²) in [5.41, 5.74) is 3.34. The first kappa shape index (κ1) is 17.9. The van der Waals surface area contributed by atoms with Gasteiger partial charge in [0, 0.05) is 34.4 Å². The highest BCUT2D eigenvalue weighted by molar-refractivity contribution is 7.10. The van der Waals surface area contributed by atoms with E-state index >= 15 is 0 Å². The van der Waals surface area contributed by atoms with Gasteiger partial charge in [-0.05, 0) is 53.8 Å². The van der Waals surface area contributed by atoms with Crippen LogP contribution in [0.1, 0.15) is 16.5 Å². The monoisotopic (exact) mass is 397 g/mol. The van der Waals surface area contributed by atoms with Gasteiger partial charge in [-0.3, -0.25) is 0 Å². The van der Waals surface area contributed by atoms with E-state index in [2.05, 4.69) is 57.3 Å². The fraction of sp³-hybridized carbons (Fsp3) is 0.190. The molecule has 2 heterocycles. The molecule has 1 aliphatic rings. The van der Waals surface area contributed by atoms with Crippen molar-refractivity contribution >= 4 is 40.3 Å². The quantitative estimate of drug-likeness (QED) is 0.611. The van der Waals surface area contributed by atoms with E-state index in [0.29, 0.717) is 11.6 Å². The number of fused-ring (bicyclic) bond motifs is 1. The molecule has 0 spiro atoms. The Balaban J connectivity index is 1.46. The first-order valence-corrected chi connectivity index (χ1v) is 10.1. The molecule has 27 heavy (non-hydrogen) atoms. The lowest BCUT2D eigenvalue weighted by Gasteiger charge is -2.30. The molecule has 1 aromatic heterocycles. The van der Waals surface area contributed by atoms with E-state index in [0.717, 1.165) is 18.7 Å². The van der Waals surface area contributed by atoms with Crippen LogP contribution in [-0.2, 0) is 6.42 Å². The lowest BCUT2D eigenvalue weighted by molar-refractivity contribution is 0.251. The maximum Gasteiger partial charge on any atom is 0.319 e. The SMILES string of the molecule is O=C(NCC(c1cccs1)N1CCc2ccccc21)Nc1ccc(Cl)cc1. The smallest absolute Gasteiger partial charge is 0.319 e. The molecule has 4 rings (SSSR count). The number of nitrogens with one attached hydrogen (secondary N) is 2. The van der Waals surface area contributed by atoms with E-state index in [1.54, 1.807) is 35.6 Å². The minimum absolute atomic E-state index is 0.115. The van der Waals surface area contributed by atoms with Gasteiger partial charge in [-0.1, -0.05) is 35.9 Å². The Morgan fingerprint density at radius 1 is 1.11 bits per heavy atom. The number of carbonyl (C=O) groups excluding carboxylic acids is 1. The van der Waals surface area contributed by atoms with E-state index < -0.39 is 0 Å². The Labute approximate surface area is 167 Å². The Kier molecular flexibility index (Phi) is 5.32. The summed E-state index contributed by atoms with van der Waals surface area (Å²) in [6.45, 7) is 1.50. The minimum Gasteiger partial charge on any atom is -0.361 e. The van der Waals surface area contributed by atoms with Crippen LogP contribution in [0.3, 0.4) is 0 Å². The largest absolute Gasteiger partial charge is 0.361 e. The van der Waals surface area contributed by atoms with Crippen LogP contribution >= 0.6 is 22.9 Å². The maximum absolute atomic E-state index is 12.4. The molecule has 2 aromatic carbocycles. The molecule has 2 amide bonds. The van der Waals surface area contributed by atoms with Crippen molar-refractivity contribution in [1.29, 1.82) is 0 Å². The second-order valence-corrected chi connectivity index (χ2v) is 7.86. The van der Waals surface area contributed by atoms with Crippen LogP contribution in [0, 0.1) is 0 Å². The third-order valence-electron chi connectivity index (χ3n) is 4.73. The standard InChI is InChI=1S/C21H20ClN3OS/c22-16-7-9-17(10-8-16)24-21(26)23-14-19(20-6-3-13-27-20)25-12-11-15-4-1-2-5-18(15)25/h1-10,13,19H,11-12,14H2,(H2,23,24,26). The Bertz CT molecular complexity index is 911. The third-order valence-corrected chi connectivity index (χ3v) is 5.95.